The van der Waals surface area contributed by atoms with Crippen molar-refractivity contribution in [3.63, 3.8) is 0 Å². The number of nitrogens with zero attached hydrogens (tertiary/aromatic N) is 3. The topological polar surface area (TPSA) is 73.1 Å². The molecule has 1 aliphatic heterocycles. The van der Waals surface area contributed by atoms with Crippen LogP contribution in [0.3, 0.4) is 0 Å². The Balaban J connectivity index is 1.80. The number of para-hydroxylation sites is 1. The van der Waals surface area contributed by atoms with Crippen molar-refractivity contribution in [1.82, 2.24) is 15.2 Å². The van der Waals surface area contributed by atoms with Crippen molar-refractivity contribution in [2.75, 3.05) is 11.1 Å². The summed E-state index contributed by atoms with van der Waals surface area (Å²) in [5.41, 5.74) is 2.39. The Morgan fingerprint density at radius 2 is 2.12 bits per heavy atom. The highest BCUT2D eigenvalue weighted by atomic mass is 127. The Hall–Kier alpha value is -2.07. The Morgan fingerprint density at radius 3 is 2.92 bits per heavy atom. The zero-order valence-corrected chi connectivity index (χ0v) is 16.0. The maximum absolute atomic E-state index is 6.10. The minimum Gasteiger partial charge on any atom is -0.449 e. The van der Waals surface area contributed by atoms with Gasteiger partial charge >= 0.3 is 0 Å². The Labute approximate surface area is 162 Å². The SMILES string of the molecule is C=CCSc1nnc2c(n1)O[C@@H](c1ccc(I)o1)Nc1ccccc1-2. The first-order valence-electron chi connectivity index (χ1n) is 7.51. The molecule has 0 aliphatic carbocycles. The number of aromatic nitrogens is 3. The molecule has 3 aromatic rings. The minimum atomic E-state index is -0.500. The molecule has 126 valence electrons. The summed E-state index contributed by atoms with van der Waals surface area (Å²) in [6, 6.07) is 11.6. The van der Waals surface area contributed by atoms with Crippen molar-refractivity contribution >= 4 is 40.0 Å². The normalized spacial score (nSPS) is 15.3. The first-order valence-corrected chi connectivity index (χ1v) is 9.57. The molecule has 6 nitrogen and oxygen atoms in total. The van der Waals surface area contributed by atoms with Crippen molar-refractivity contribution in [1.29, 1.82) is 0 Å². The number of furan rings is 1. The van der Waals surface area contributed by atoms with Gasteiger partial charge in [-0.05, 0) is 40.8 Å². The van der Waals surface area contributed by atoms with Gasteiger partial charge in [0.1, 0.15) is 0 Å². The van der Waals surface area contributed by atoms with E-state index in [-0.39, 0.29) is 0 Å². The van der Waals surface area contributed by atoms with E-state index >= 15 is 0 Å². The fourth-order valence-corrected chi connectivity index (χ4v) is 3.39. The number of nitrogens with one attached hydrogen (secondary N) is 1. The average Bonchev–Trinajstić information content (AvgIpc) is 2.99. The molecule has 0 fully saturated rings. The summed E-state index contributed by atoms with van der Waals surface area (Å²) in [7, 11) is 0. The molecule has 1 aromatic carbocycles. The standard InChI is InChI=1S/C17H13IN4O2S/c1-2-9-25-17-20-16-14(21-22-17)10-5-3-4-6-11(10)19-15(24-16)12-7-8-13(18)23-12/h2-8,15,19H,1,9H2/t15-/m0/s1. The highest BCUT2D eigenvalue weighted by Gasteiger charge is 2.27. The molecule has 0 spiro atoms. The molecule has 0 unspecified atom stereocenters. The first-order chi connectivity index (χ1) is 12.2. The molecule has 8 heteroatoms. The van der Waals surface area contributed by atoms with Gasteiger partial charge in [-0.15, -0.1) is 16.8 Å². The average molecular weight is 464 g/mol. The largest absolute Gasteiger partial charge is 0.449 e. The van der Waals surface area contributed by atoms with Crippen molar-refractivity contribution in [2.24, 2.45) is 0 Å². The molecule has 0 radical (unpaired) electrons. The summed E-state index contributed by atoms with van der Waals surface area (Å²) in [4.78, 5) is 4.53. The number of benzene rings is 1. The Kier molecular flexibility index (Phi) is 4.62. The van der Waals surface area contributed by atoms with E-state index in [0.717, 1.165) is 15.0 Å². The van der Waals surface area contributed by atoms with Crippen LogP contribution in [0.25, 0.3) is 11.3 Å². The van der Waals surface area contributed by atoms with Gasteiger partial charge in [-0.3, -0.25) is 0 Å². The van der Waals surface area contributed by atoms with E-state index in [0.29, 0.717) is 28.2 Å². The summed E-state index contributed by atoms with van der Waals surface area (Å²) >= 11 is 3.58. The van der Waals surface area contributed by atoms with Gasteiger partial charge in [0.05, 0.1) is 0 Å². The lowest BCUT2D eigenvalue weighted by Crippen LogP contribution is -2.16. The first kappa shape index (κ1) is 16.4. The second kappa shape index (κ2) is 7.04. The molecule has 1 aliphatic rings. The molecule has 0 bridgehead atoms. The molecular formula is C17H13IN4O2S. The van der Waals surface area contributed by atoms with Crippen LogP contribution in [0.5, 0.6) is 5.88 Å². The van der Waals surface area contributed by atoms with Crippen molar-refractivity contribution in [2.45, 2.75) is 11.4 Å². The van der Waals surface area contributed by atoms with E-state index in [1.807, 2.05) is 36.4 Å². The maximum atomic E-state index is 6.10. The summed E-state index contributed by atoms with van der Waals surface area (Å²) in [5.74, 6) is 1.80. The molecular weight excluding hydrogens is 451 g/mol. The van der Waals surface area contributed by atoms with Gasteiger partial charge in [-0.25, -0.2) is 0 Å². The van der Waals surface area contributed by atoms with Crippen molar-refractivity contribution in [3.8, 4) is 17.1 Å². The molecule has 4 rings (SSSR count). The second-order valence-electron chi connectivity index (χ2n) is 5.18. The molecule has 2 aromatic heterocycles. The Morgan fingerprint density at radius 1 is 1.24 bits per heavy atom. The van der Waals surface area contributed by atoms with Crippen LogP contribution in [0.1, 0.15) is 12.0 Å². The van der Waals surface area contributed by atoms with Crippen LogP contribution in [0.2, 0.25) is 0 Å². The van der Waals surface area contributed by atoms with Crippen LogP contribution in [-0.2, 0) is 0 Å². The van der Waals surface area contributed by atoms with E-state index in [9.17, 15) is 0 Å². The molecule has 0 saturated heterocycles. The third kappa shape index (κ3) is 3.36. The van der Waals surface area contributed by atoms with Crippen LogP contribution < -0.4 is 10.1 Å². The highest BCUT2D eigenvalue weighted by Crippen LogP contribution is 2.39. The number of anilines is 1. The lowest BCUT2D eigenvalue weighted by molar-refractivity contribution is 0.193. The molecule has 1 atom stereocenters. The van der Waals surface area contributed by atoms with Gasteiger partial charge in [0.15, 0.2) is 15.2 Å². The maximum Gasteiger partial charge on any atom is 0.247 e. The number of halogens is 1. The van der Waals surface area contributed by atoms with Gasteiger partial charge in [-0.2, -0.15) is 4.98 Å². The van der Waals surface area contributed by atoms with E-state index in [1.54, 1.807) is 6.08 Å². The Bertz CT molecular complexity index is 931. The monoisotopic (exact) mass is 464 g/mol. The fourth-order valence-electron chi connectivity index (χ4n) is 2.44. The van der Waals surface area contributed by atoms with Crippen molar-refractivity contribution in [3.05, 3.63) is 58.6 Å². The zero-order chi connectivity index (χ0) is 17.2. The molecule has 25 heavy (non-hydrogen) atoms. The number of rotatable bonds is 4. The van der Waals surface area contributed by atoms with E-state index in [1.165, 1.54) is 11.8 Å². The van der Waals surface area contributed by atoms with Crippen LogP contribution in [0.4, 0.5) is 5.69 Å². The predicted molar refractivity (Wildman–Crippen MR) is 105 cm³/mol. The number of thioether (sulfide) groups is 1. The summed E-state index contributed by atoms with van der Waals surface area (Å²) in [5, 5.41) is 12.4. The summed E-state index contributed by atoms with van der Waals surface area (Å²) in [6.07, 6.45) is 1.30. The van der Waals surface area contributed by atoms with Gasteiger partial charge in [0.25, 0.3) is 0 Å². The van der Waals surface area contributed by atoms with Crippen LogP contribution in [0.15, 0.2) is 58.6 Å². The zero-order valence-electron chi connectivity index (χ0n) is 13.0. The third-order valence-corrected chi connectivity index (χ3v) is 4.93. The number of hydrogen-bond acceptors (Lipinski definition) is 7. The minimum absolute atomic E-state index is 0.426. The van der Waals surface area contributed by atoms with Crippen LogP contribution >= 0.6 is 34.4 Å². The van der Waals surface area contributed by atoms with Gasteiger partial charge in [-0.1, -0.05) is 36.0 Å². The highest BCUT2D eigenvalue weighted by molar-refractivity contribution is 14.1. The van der Waals surface area contributed by atoms with Gasteiger partial charge < -0.3 is 14.5 Å². The smallest absolute Gasteiger partial charge is 0.247 e. The fraction of sp³-hybridized carbons (Fsp3) is 0.118. The molecule has 3 heterocycles. The predicted octanol–water partition coefficient (Wildman–Crippen LogP) is 4.52. The van der Waals surface area contributed by atoms with E-state index in [4.69, 9.17) is 9.15 Å². The molecule has 0 amide bonds. The quantitative estimate of drug-likeness (QED) is 0.346. The second-order valence-corrected chi connectivity index (χ2v) is 7.23. The third-order valence-electron chi connectivity index (χ3n) is 3.52. The lowest BCUT2D eigenvalue weighted by atomic mass is 10.1. The number of ether oxygens (including phenoxy) is 1. The van der Waals surface area contributed by atoms with Crippen LogP contribution in [-0.4, -0.2) is 20.9 Å². The lowest BCUT2D eigenvalue weighted by Gasteiger charge is -2.16. The van der Waals surface area contributed by atoms with Gasteiger partial charge in [0, 0.05) is 17.0 Å². The summed E-state index contributed by atoms with van der Waals surface area (Å²) in [6.45, 7) is 3.71. The van der Waals surface area contributed by atoms with Crippen LogP contribution in [0, 0.1) is 3.77 Å². The van der Waals surface area contributed by atoms with Gasteiger partial charge in [0.2, 0.25) is 17.3 Å². The summed E-state index contributed by atoms with van der Waals surface area (Å²) < 4.78 is 12.6. The van der Waals surface area contributed by atoms with E-state index < -0.39 is 6.23 Å². The number of fused-ring (bicyclic) bond motifs is 3. The van der Waals surface area contributed by atoms with Crippen molar-refractivity contribution < 1.29 is 9.15 Å². The van der Waals surface area contributed by atoms with E-state index in [2.05, 4.69) is 49.7 Å². The molecule has 0 saturated carbocycles. The number of hydrogen-bond donors (Lipinski definition) is 1. The molecule has 1 N–H and O–H groups in total.